The van der Waals surface area contributed by atoms with E-state index in [1.54, 1.807) is 28.0 Å². The number of halogens is 1. The fourth-order valence-corrected chi connectivity index (χ4v) is 2.34. The predicted molar refractivity (Wildman–Crippen MR) is 79.8 cm³/mol. The number of carbonyl (C=O) groups is 2. The van der Waals surface area contributed by atoms with Crippen LogP contribution in [0.2, 0.25) is 5.02 Å². The van der Waals surface area contributed by atoms with Crippen LogP contribution in [0.5, 0.6) is 0 Å². The molecule has 106 valence electrons. The Morgan fingerprint density at radius 1 is 1.40 bits per heavy atom. The number of rotatable bonds is 3. The lowest BCUT2D eigenvalue weighted by molar-refractivity contribution is -0.136. The van der Waals surface area contributed by atoms with Crippen LogP contribution in [0.4, 0.5) is 5.69 Å². The molecule has 1 aliphatic heterocycles. The molecule has 0 unspecified atom stereocenters. The van der Waals surface area contributed by atoms with Gasteiger partial charge in [0, 0.05) is 30.2 Å². The molecule has 0 N–H and O–H groups in total. The molecule has 1 saturated heterocycles. The van der Waals surface area contributed by atoms with E-state index in [1.807, 2.05) is 25.1 Å². The van der Waals surface area contributed by atoms with Crippen LogP contribution in [0.1, 0.15) is 13.3 Å². The van der Waals surface area contributed by atoms with E-state index < -0.39 is 0 Å². The van der Waals surface area contributed by atoms with Gasteiger partial charge in [0.1, 0.15) is 6.54 Å². The van der Waals surface area contributed by atoms with Gasteiger partial charge in [-0.1, -0.05) is 29.8 Å². The summed E-state index contributed by atoms with van der Waals surface area (Å²) < 4.78 is 0. The topological polar surface area (TPSA) is 40.6 Å². The first kappa shape index (κ1) is 14.6. The Labute approximate surface area is 123 Å². The van der Waals surface area contributed by atoms with E-state index in [1.165, 1.54) is 0 Å². The predicted octanol–water partition coefficient (Wildman–Crippen LogP) is 2.48. The molecule has 5 heteroatoms. The molecule has 4 nitrogen and oxygen atoms in total. The smallest absolute Gasteiger partial charge is 0.246 e. The molecule has 1 aliphatic rings. The molecule has 0 bridgehead atoms. The van der Waals surface area contributed by atoms with E-state index in [9.17, 15) is 9.59 Å². The van der Waals surface area contributed by atoms with Crippen LogP contribution in [0.15, 0.2) is 36.4 Å². The number of benzene rings is 1. The molecule has 20 heavy (non-hydrogen) atoms. The minimum absolute atomic E-state index is 0.0119. The zero-order valence-electron chi connectivity index (χ0n) is 11.4. The minimum atomic E-state index is -0.0765. The second-order valence-electron chi connectivity index (χ2n) is 4.61. The molecule has 2 amide bonds. The number of piperazine rings is 1. The lowest BCUT2D eigenvalue weighted by Gasteiger charge is -2.34. The molecule has 1 aromatic carbocycles. The standard InChI is InChI=1S/C15H17ClN2O2/c1-2-3-7-14(19)17-8-9-18(15(20)11-17)13-6-4-5-12(16)10-13/h2-6,10H,7-9,11H2,1H3/b3-2+. The first-order chi connectivity index (χ1) is 9.61. The monoisotopic (exact) mass is 292 g/mol. The van der Waals surface area contributed by atoms with Crippen LogP contribution in [0.3, 0.4) is 0 Å². The summed E-state index contributed by atoms with van der Waals surface area (Å²) in [5.74, 6) is -0.0884. The van der Waals surface area contributed by atoms with E-state index >= 15 is 0 Å². The van der Waals surface area contributed by atoms with Gasteiger partial charge in [-0.2, -0.15) is 0 Å². The van der Waals surface area contributed by atoms with Crippen molar-refractivity contribution in [2.75, 3.05) is 24.5 Å². The van der Waals surface area contributed by atoms with E-state index in [-0.39, 0.29) is 18.4 Å². The van der Waals surface area contributed by atoms with Gasteiger partial charge >= 0.3 is 0 Å². The van der Waals surface area contributed by atoms with Crippen molar-refractivity contribution in [1.82, 2.24) is 4.90 Å². The fourth-order valence-electron chi connectivity index (χ4n) is 2.15. The van der Waals surface area contributed by atoms with Gasteiger partial charge in [0.2, 0.25) is 11.8 Å². The Bertz CT molecular complexity index is 542. The minimum Gasteiger partial charge on any atom is -0.331 e. The summed E-state index contributed by atoms with van der Waals surface area (Å²) >= 11 is 5.94. The third kappa shape index (κ3) is 3.39. The summed E-state index contributed by atoms with van der Waals surface area (Å²) in [6.07, 6.45) is 3.99. The van der Waals surface area contributed by atoms with Crippen molar-refractivity contribution < 1.29 is 9.59 Å². The molecular formula is C15H17ClN2O2. The van der Waals surface area contributed by atoms with Crippen LogP contribution in [0, 0.1) is 0 Å². The first-order valence-electron chi connectivity index (χ1n) is 6.56. The Morgan fingerprint density at radius 2 is 2.20 bits per heavy atom. The highest BCUT2D eigenvalue weighted by Crippen LogP contribution is 2.21. The third-order valence-corrected chi connectivity index (χ3v) is 3.46. The molecular weight excluding hydrogens is 276 g/mol. The van der Waals surface area contributed by atoms with Crippen molar-refractivity contribution >= 4 is 29.1 Å². The van der Waals surface area contributed by atoms with Gasteiger partial charge in [0.25, 0.3) is 0 Å². The van der Waals surface area contributed by atoms with Gasteiger partial charge < -0.3 is 9.80 Å². The number of hydrogen-bond acceptors (Lipinski definition) is 2. The molecule has 1 fully saturated rings. The van der Waals surface area contributed by atoms with E-state index in [4.69, 9.17) is 11.6 Å². The summed E-state index contributed by atoms with van der Waals surface area (Å²) in [7, 11) is 0. The van der Waals surface area contributed by atoms with Crippen LogP contribution >= 0.6 is 11.6 Å². The van der Waals surface area contributed by atoms with Gasteiger partial charge in [0.05, 0.1) is 0 Å². The van der Waals surface area contributed by atoms with Crippen molar-refractivity contribution in [1.29, 1.82) is 0 Å². The zero-order chi connectivity index (χ0) is 14.5. The number of nitrogens with zero attached hydrogens (tertiary/aromatic N) is 2. The molecule has 1 heterocycles. The maximum absolute atomic E-state index is 12.2. The van der Waals surface area contributed by atoms with Gasteiger partial charge in [0.15, 0.2) is 0 Å². The molecule has 0 aromatic heterocycles. The molecule has 0 aliphatic carbocycles. The van der Waals surface area contributed by atoms with Crippen LogP contribution in [-0.2, 0) is 9.59 Å². The Kier molecular flexibility index (Phi) is 4.79. The molecule has 0 radical (unpaired) electrons. The van der Waals surface area contributed by atoms with Gasteiger partial charge in [-0.25, -0.2) is 0 Å². The highest BCUT2D eigenvalue weighted by atomic mass is 35.5. The van der Waals surface area contributed by atoms with Crippen molar-refractivity contribution in [3.63, 3.8) is 0 Å². The third-order valence-electron chi connectivity index (χ3n) is 3.22. The highest BCUT2D eigenvalue weighted by Gasteiger charge is 2.27. The maximum Gasteiger partial charge on any atom is 0.246 e. The summed E-state index contributed by atoms with van der Waals surface area (Å²) in [6.45, 7) is 3.05. The van der Waals surface area contributed by atoms with Crippen molar-refractivity contribution in [3.8, 4) is 0 Å². The maximum atomic E-state index is 12.2. The largest absolute Gasteiger partial charge is 0.331 e. The second kappa shape index (κ2) is 6.57. The Balaban J connectivity index is 2.02. The number of hydrogen-bond donors (Lipinski definition) is 0. The molecule has 0 spiro atoms. The van der Waals surface area contributed by atoms with Crippen LogP contribution in [-0.4, -0.2) is 36.3 Å². The fraction of sp³-hybridized carbons (Fsp3) is 0.333. The Morgan fingerprint density at radius 3 is 2.85 bits per heavy atom. The lowest BCUT2D eigenvalue weighted by atomic mass is 10.2. The number of anilines is 1. The highest BCUT2D eigenvalue weighted by molar-refractivity contribution is 6.30. The normalized spacial score (nSPS) is 16.0. The number of allylic oxidation sites excluding steroid dienone is 1. The van der Waals surface area contributed by atoms with Crippen LogP contribution < -0.4 is 4.90 Å². The SMILES string of the molecule is C/C=C/CC(=O)N1CCN(c2cccc(Cl)c2)C(=O)C1. The summed E-state index contributed by atoms with van der Waals surface area (Å²) in [5, 5.41) is 0.599. The molecule has 2 rings (SSSR count). The molecule has 0 atom stereocenters. The summed E-state index contributed by atoms with van der Waals surface area (Å²) in [4.78, 5) is 27.3. The molecule has 0 saturated carbocycles. The van der Waals surface area contributed by atoms with Gasteiger partial charge in [-0.05, 0) is 25.1 Å². The van der Waals surface area contributed by atoms with Crippen LogP contribution in [0.25, 0.3) is 0 Å². The van der Waals surface area contributed by atoms with E-state index in [2.05, 4.69) is 0 Å². The van der Waals surface area contributed by atoms with E-state index in [0.717, 1.165) is 5.69 Å². The van der Waals surface area contributed by atoms with E-state index in [0.29, 0.717) is 24.5 Å². The van der Waals surface area contributed by atoms with Crippen molar-refractivity contribution in [2.24, 2.45) is 0 Å². The summed E-state index contributed by atoms with van der Waals surface area (Å²) in [6, 6.07) is 7.19. The van der Waals surface area contributed by atoms with Crippen molar-refractivity contribution in [2.45, 2.75) is 13.3 Å². The van der Waals surface area contributed by atoms with Gasteiger partial charge in [-0.3, -0.25) is 9.59 Å². The van der Waals surface area contributed by atoms with Crippen molar-refractivity contribution in [3.05, 3.63) is 41.4 Å². The average molecular weight is 293 g/mol. The van der Waals surface area contributed by atoms with Gasteiger partial charge in [-0.15, -0.1) is 0 Å². The second-order valence-corrected chi connectivity index (χ2v) is 5.05. The Hall–Kier alpha value is -1.81. The number of carbonyl (C=O) groups excluding carboxylic acids is 2. The zero-order valence-corrected chi connectivity index (χ0v) is 12.1. The summed E-state index contributed by atoms with van der Waals surface area (Å²) in [5.41, 5.74) is 0.781. The quantitative estimate of drug-likeness (QED) is 0.803. The molecule has 1 aromatic rings. The average Bonchev–Trinajstić information content (AvgIpc) is 2.44. The number of amides is 2. The first-order valence-corrected chi connectivity index (χ1v) is 6.94. The lowest BCUT2D eigenvalue weighted by Crippen LogP contribution is -2.52.